The Balaban J connectivity index is 0.581. The van der Waals surface area contributed by atoms with E-state index in [4.69, 9.17) is 16.3 Å². The van der Waals surface area contributed by atoms with Crippen LogP contribution in [0.3, 0.4) is 0 Å². The Bertz CT molecular complexity index is 4620. The first-order valence-corrected chi connectivity index (χ1v) is 44.9. The van der Waals surface area contributed by atoms with Gasteiger partial charge in [-0.15, -0.1) is 23.1 Å². The maximum atomic E-state index is 14.4. The Kier molecular flexibility index (Phi) is 28.2. The number of aliphatic hydroxyl groups is 1. The molecular weight excluding hydrogens is 1560 g/mol. The number of fused-ring (bicyclic) bond motifs is 2. The number of hydrogen-bond donors (Lipinski definition) is 5. The fourth-order valence-electron chi connectivity index (χ4n) is 16.8. The van der Waals surface area contributed by atoms with Crippen LogP contribution in [0.15, 0.2) is 147 Å². The van der Waals surface area contributed by atoms with Crippen molar-refractivity contribution in [2.75, 3.05) is 108 Å². The van der Waals surface area contributed by atoms with Crippen LogP contribution < -0.4 is 25.6 Å². The fourth-order valence-corrected chi connectivity index (χ4v) is 20.7. The van der Waals surface area contributed by atoms with Crippen LogP contribution in [-0.4, -0.2) is 220 Å². The van der Waals surface area contributed by atoms with Gasteiger partial charge < -0.3 is 40.5 Å². The Hall–Kier alpha value is -7.45. The summed E-state index contributed by atoms with van der Waals surface area (Å²) < 4.78 is 105. The predicted molar refractivity (Wildman–Crippen MR) is 440 cm³/mol. The summed E-state index contributed by atoms with van der Waals surface area (Å²) >= 11 is 9.43. The second-order valence-corrected chi connectivity index (χ2v) is 38.8. The van der Waals surface area contributed by atoms with E-state index in [2.05, 4.69) is 64.5 Å². The van der Waals surface area contributed by atoms with Crippen molar-refractivity contribution in [3.63, 3.8) is 0 Å². The van der Waals surface area contributed by atoms with E-state index in [-0.39, 0.29) is 60.2 Å². The highest BCUT2D eigenvalue weighted by Crippen LogP contribution is 2.46. The lowest BCUT2D eigenvalue weighted by Gasteiger charge is -2.44. The summed E-state index contributed by atoms with van der Waals surface area (Å²) in [5.41, 5.74) is 2.47. The molecule has 6 aromatic rings. The van der Waals surface area contributed by atoms with E-state index in [1.54, 1.807) is 23.5 Å². The molecule has 1 aliphatic carbocycles. The number of allylic oxidation sites excluding steroid dienone is 1. The average Bonchev–Trinajstić information content (AvgIpc) is 1.75. The van der Waals surface area contributed by atoms with E-state index >= 15 is 0 Å². The van der Waals surface area contributed by atoms with Crippen LogP contribution in [0.2, 0.25) is 5.02 Å². The molecule has 1 aromatic heterocycles. The van der Waals surface area contributed by atoms with E-state index in [9.17, 15) is 59.1 Å². The number of unbranched alkanes of at least 4 members (excludes halogenated alkanes) is 4. The number of β-amino-alcohol motifs (C(OH)–C–C–N with tert-alkyl or cyclic N) is 1. The standard InChI is InChI=1S/C84H107ClF3N11O11S4/c1-56(58-19-21-60(22-20-58)77-57(2)89-55-112-77)90-80(104)73-46-68(100)52-99(73)81(105)78(82(3,4)5)92-75(101)17-13-8-7-9-14-18-76(102)98-51-66-45-67(98)50-97(66)54-83(6)35-33-71(59-23-27-63(85)28-24-59)62(48-83)49-95-37-39-96(40-38-95)65-29-25-61(26-30-65)79(103)93-114(108,109)70-31-32-72(74(47-70)113(106,107)84(86,87)88)91-64(34-36-94-41-43-110-44-42-94)53-111-69-15-11-10-12-16-69/h10-12,15-16,19-32,47,55-56,64,66-68,73,78,91,100H,7-9,13-14,17-18,33-46,48-54H2,1-6H3,(H,90,104)(H,92,101)(H,93,103)/t56-,64+,66+,67+,68+,73-,78+,83?/m0/s1. The molecular formula is C84H107ClF3N11O11S4. The molecule has 114 heavy (non-hydrogen) atoms. The van der Waals surface area contributed by atoms with Gasteiger partial charge in [-0.25, -0.2) is 26.5 Å². The van der Waals surface area contributed by atoms with Crippen LogP contribution in [0.1, 0.15) is 151 Å². The minimum absolute atomic E-state index is 0.0123. The number of piperazine rings is 2. The topological polar surface area (TPSA) is 264 Å². The Morgan fingerprint density at radius 1 is 0.772 bits per heavy atom. The number of morpholine rings is 1. The predicted octanol–water partition coefficient (Wildman–Crippen LogP) is 12.6. The summed E-state index contributed by atoms with van der Waals surface area (Å²) in [7, 11) is -11.0. The molecule has 5 aromatic carbocycles. The van der Waals surface area contributed by atoms with Crippen molar-refractivity contribution in [2.45, 2.75) is 188 Å². The minimum Gasteiger partial charge on any atom is -0.391 e. The third-order valence-electron chi connectivity index (χ3n) is 23.2. The van der Waals surface area contributed by atoms with Crippen molar-refractivity contribution in [1.29, 1.82) is 0 Å². The number of nitrogens with one attached hydrogen (secondary N) is 4. The number of sulfonamides is 1. The number of anilines is 2. The quantitative estimate of drug-likeness (QED) is 0.0194. The molecule has 5 saturated heterocycles. The lowest BCUT2D eigenvalue weighted by Crippen LogP contribution is -2.57. The summed E-state index contributed by atoms with van der Waals surface area (Å²) in [6.45, 7) is 20.9. The van der Waals surface area contributed by atoms with Crippen LogP contribution in [-0.2, 0) is 43.8 Å². The number of thioether (sulfide) groups is 1. The highest BCUT2D eigenvalue weighted by Gasteiger charge is 2.50. The Morgan fingerprint density at radius 2 is 1.46 bits per heavy atom. The zero-order valence-electron chi connectivity index (χ0n) is 65.8. The van der Waals surface area contributed by atoms with Crippen molar-refractivity contribution in [3.05, 3.63) is 160 Å². The molecule has 1 unspecified atom stereocenters. The zero-order valence-corrected chi connectivity index (χ0v) is 69.8. The number of hydrogen-bond acceptors (Lipinski definition) is 19. The number of aryl methyl sites for hydroxylation is 1. The maximum Gasteiger partial charge on any atom is 0.501 e. The molecule has 6 heterocycles. The van der Waals surface area contributed by atoms with Crippen molar-refractivity contribution in [3.8, 4) is 10.4 Å². The molecule has 5 amide bonds. The second kappa shape index (κ2) is 37.4. The number of thiazole rings is 1. The van der Waals surface area contributed by atoms with Gasteiger partial charge in [0.1, 0.15) is 17.0 Å². The number of ether oxygens (including phenoxy) is 1. The molecule has 0 saturated carbocycles. The van der Waals surface area contributed by atoms with Gasteiger partial charge in [0.05, 0.1) is 52.0 Å². The van der Waals surface area contributed by atoms with E-state index in [0.717, 1.165) is 141 Å². The summed E-state index contributed by atoms with van der Waals surface area (Å²) in [4.78, 5) is 86.3. The van der Waals surface area contributed by atoms with Crippen LogP contribution >= 0.6 is 34.7 Å². The lowest BCUT2D eigenvalue weighted by molar-refractivity contribution is -0.144. The molecule has 616 valence electrons. The number of alkyl halides is 3. The van der Waals surface area contributed by atoms with Crippen molar-refractivity contribution >= 4 is 101 Å². The molecule has 6 aliphatic rings. The minimum atomic E-state index is -6.11. The van der Waals surface area contributed by atoms with E-state index < -0.39 is 82.3 Å². The first-order valence-electron chi connectivity index (χ1n) is 39.7. The van der Waals surface area contributed by atoms with Crippen LogP contribution in [0.4, 0.5) is 24.5 Å². The summed E-state index contributed by atoms with van der Waals surface area (Å²) in [6.07, 6.45) is 8.00. The van der Waals surface area contributed by atoms with Gasteiger partial charge in [-0.2, -0.15) is 13.2 Å². The van der Waals surface area contributed by atoms with Crippen LogP contribution in [0, 0.1) is 17.8 Å². The van der Waals surface area contributed by atoms with Crippen LogP contribution in [0.25, 0.3) is 16.0 Å². The van der Waals surface area contributed by atoms with Crippen LogP contribution in [0.5, 0.6) is 0 Å². The molecule has 8 atom stereocenters. The number of nitrogens with zero attached hydrogens (tertiary/aromatic N) is 7. The smallest absolute Gasteiger partial charge is 0.391 e. The molecule has 12 rings (SSSR count). The fraction of sp³-hybridized carbons (Fsp3) is 0.524. The Labute approximate surface area is 681 Å². The number of likely N-dealkylation sites (tertiary alicyclic amines) is 3. The van der Waals surface area contributed by atoms with Gasteiger partial charge >= 0.3 is 5.51 Å². The summed E-state index contributed by atoms with van der Waals surface area (Å²) in [5, 5.41) is 20.5. The van der Waals surface area contributed by atoms with E-state index in [0.29, 0.717) is 88.1 Å². The number of carbonyl (C=O) groups is 5. The number of rotatable bonds is 32. The first kappa shape index (κ1) is 85.9. The number of amides is 5. The monoisotopic (exact) mass is 1670 g/mol. The molecule has 22 nitrogen and oxygen atoms in total. The first-order chi connectivity index (χ1) is 54.3. The number of aromatic nitrogens is 1. The summed E-state index contributed by atoms with van der Waals surface area (Å²) in [6, 6.07) is 31.9. The zero-order chi connectivity index (χ0) is 81.3. The van der Waals surface area contributed by atoms with Crippen molar-refractivity contribution < 1.29 is 63.8 Å². The van der Waals surface area contributed by atoms with Crippen molar-refractivity contribution in [2.24, 2.45) is 10.8 Å². The highest BCUT2D eigenvalue weighted by atomic mass is 35.5. The van der Waals surface area contributed by atoms with Gasteiger partial charge in [0, 0.05) is 143 Å². The molecule has 2 bridgehead atoms. The summed E-state index contributed by atoms with van der Waals surface area (Å²) in [5.74, 6) is -1.53. The number of sulfone groups is 1. The molecule has 5 N–H and O–H groups in total. The number of benzene rings is 5. The highest BCUT2D eigenvalue weighted by molar-refractivity contribution is 7.99. The lowest BCUT2D eigenvalue weighted by atomic mass is 9.71. The number of halogens is 4. The number of aliphatic hydroxyl groups excluding tert-OH is 1. The molecule has 0 spiro atoms. The molecule has 5 aliphatic heterocycles. The number of carbonyl (C=O) groups excluding carboxylic acids is 5. The van der Waals surface area contributed by atoms with Crippen molar-refractivity contribution in [1.82, 2.24) is 44.8 Å². The molecule has 5 fully saturated rings. The third-order valence-corrected chi connectivity index (χ3v) is 28.4. The Morgan fingerprint density at radius 3 is 2.11 bits per heavy atom. The molecule has 0 radical (unpaired) electrons. The van der Waals surface area contributed by atoms with Gasteiger partial charge in [0.25, 0.3) is 25.8 Å². The van der Waals surface area contributed by atoms with Gasteiger partial charge in [0.15, 0.2) is 0 Å². The SMILES string of the molecule is Cc1ncsc1-c1ccc([C@H](C)NC(=O)[C@@H]2C[C@@H](O)CN2C(=O)[C@@H](NC(=O)CCCCCCCC(=O)N2C[C@H]3C[C@@H]2CN3CC2(C)CCC(c3ccc(Cl)cc3)=C(CN3CCN(c4ccc(C(=O)NS(=O)(=O)c5ccc(N[C@H](CCN6CCOCC6)CSc6ccccc6)c(S(=O)(=O)C(F)(F)F)c5)cc4)CC3)C2)C(C)(C)C)cc1. The third kappa shape index (κ3) is 21.7. The molecule has 30 heteroatoms. The normalized spacial score (nSPS) is 21.6. The van der Waals surface area contributed by atoms with E-state index in [1.807, 2.05) is 112 Å². The maximum absolute atomic E-state index is 14.4. The van der Waals surface area contributed by atoms with Gasteiger partial charge in [-0.3, -0.25) is 38.7 Å². The largest absolute Gasteiger partial charge is 0.501 e. The second-order valence-electron chi connectivity index (χ2n) is 32.8. The van der Waals surface area contributed by atoms with Gasteiger partial charge in [-0.05, 0) is 159 Å². The van der Waals surface area contributed by atoms with E-state index in [1.165, 1.54) is 39.9 Å². The average molecular weight is 1670 g/mol. The van der Waals surface area contributed by atoms with Gasteiger partial charge in [-0.1, -0.05) is 119 Å². The van der Waals surface area contributed by atoms with Gasteiger partial charge in [0.2, 0.25) is 23.6 Å².